The van der Waals surface area contributed by atoms with E-state index in [0.717, 1.165) is 12.1 Å². The number of anilines is 2. The van der Waals surface area contributed by atoms with Gasteiger partial charge in [0.2, 0.25) is 0 Å². The quantitative estimate of drug-likeness (QED) is 0.643. The van der Waals surface area contributed by atoms with E-state index in [1.807, 2.05) is 0 Å². The SMILES string of the molecule is O=C(O)c1cccc(Nc2c(Cl)cc([N+](=O)[O-])cc2Cl)c1. The molecule has 2 rings (SSSR count). The fraction of sp³-hybridized carbons (Fsp3) is 0. The summed E-state index contributed by atoms with van der Waals surface area (Å²) in [6, 6.07) is 8.34. The smallest absolute Gasteiger partial charge is 0.335 e. The van der Waals surface area contributed by atoms with Crippen LogP contribution < -0.4 is 5.32 Å². The van der Waals surface area contributed by atoms with E-state index in [0.29, 0.717) is 5.69 Å². The highest BCUT2D eigenvalue weighted by molar-refractivity contribution is 6.39. The summed E-state index contributed by atoms with van der Waals surface area (Å²) in [5.74, 6) is -1.07. The summed E-state index contributed by atoms with van der Waals surface area (Å²) < 4.78 is 0. The highest BCUT2D eigenvalue weighted by Gasteiger charge is 2.15. The second kappa shape index (κ2) is 5.99. The van der Waals surface area contributed by atoms with Gasteiger partial charge in [-0.3, -0.25) is 10.1 Å². The van der Waals surface area contributed by atoms with Crippen molar-refractivity contribution < 1.29 is 14.8 Å². The lowest BCUT2D eigenvalue weighted by Crippen LogP contribution is -1.99. The van der Waals surface area contributed by atoms with Crippen molar-refractivity contribution in [3.05, 3.63) is 62.1 Å². The van der Waals surface area contributed by atoms with Gasteiger partial charge >= 0.3 is 5.97 Å². The molecule has 0 radical (unpaired) electrons. The van der Waals surface area contributed by atoms with Crippen molar-refractivity contribution in [1.29, 1.82) is 0 Å². The Morgan fingerprint density at radius 3 is 2.33 bits per heavy atom. The van der Waals surface area contributed by atoms with Crippen LogP contribution in [-0.2, 0) is 0 Å². The molecule has 21 heavy (non-hydrogen) atoms. The van der Waals surface area contributed by atoms with E-state index in [-0.39, 0.29) is 27.0 Å². The van der Waals surface area contributed by atoms with Crippen LogP contribution in [0.25, 0.3) is 0 Å². The predicted octanol–water partition coefficient (Wildman–Crippen LogP) is 4.34. The Bertz CT molecular complexity index is 711. The number of nitrogens with zero attached hydrogens (tertiary/aromatic N) is 1. The first-order valence-electron chi connectivity index (χ1n) is 5.62. The number of carboxylic acids is 1. The number of nitro benzene ring substituents is 1. The van der Waals surface area contributed by atoms with E-state index in [2.05, 4.69) is 5.32 Å². The number of hydrogen-bond acceptors (Lipinski definition) is 4. The summed E-state index contributed by atoms with van der Waals surface area (Å²) in [7, 11) is 0. The first-order valence-corrected chi connectivity index (χ1v) is 6.38. The van der Waals surface area contributed by atoms with Gasteiger partial charge in [-0.05, 0) is 18.2 Å². The third-order valence-corrected chi connectivity index (χ3v) is 3.21. The van der Waals surface area contributed by atoms with Crippen LogP contribution in [0.1, 0.15) is 10.4 Å². The molecule has 0 unspecified atom stereocenters. The van der Waals surface area contributed by atoms with E-state index >= 15 is 0 Å². The monoisotopic (exact) mass is 326 g/mol. The summed E-state index contributed by atoms with van der Waals surface area (Å²) in [6.07, 6.45) is 0. The molecule has 0 heterocycles. The average molecular weight is 327 g/mol. The summed E-state index contributed by atoms with van der Waals surface area (Å²) in [5.41, 5.74) is 0.586. The standard InChI is InChI=1S/C13H8Cl2N2O4/c14-10-5-9(17(20)21)6-11(15)12(10)16-8-3-1-2-7(4-8)13(18)19/h1-6,16H,(H,18,19). The molecule has 0 fully saturated rings. The molecule has 0 aliphatic rings. The number of non-ortho nitro benzene ring substituents is 1. The van der Waals surface area contributed by atoms with Gasteiger partial charge in [-0.25, -0.2) is 4.79 Å². The van der Waals surface area contributed by atoms with E-state index in [1.165, 1.54) is 12.1 Å². The molecule has 0 atom stereocenters. The van der Waals surface area contributed by atoms with Gasteiger partial charge in [-0.2, -0.15) is 0 Å². The maximum atomic E-state index is 10.9. The normalized spacial score (nSPS) is 10.2. The third kappa shape index (κ3) is 3.42. The Morgan fingerprint density at radius 1 is 1.19 bits per heavy atom. The highest BCUT2D eigenvalue weighted by atomic mass is 35.5. The molecule has 2 N–H and O–H groups in total. The van der Waals surface area contributed by atoms with Gasteiger partial charge in [0.15, 0.2) is 0 Å². The number of aromatic carboxylic acids is 1. The van der Waals surface area contributed by atoms with Crippen LogP contribution in [-0.4, -0.2) is 16.0 Å². The first-order chi connectivity index (χ1) is 9.88. The van der Waals surface area contributed by atoms with Crippen molar-refractivity contribution >= 4 is 46.2 Å². The average Bonchev–Trinajstić information content (AvgIpc) is 2.42. The van der Waals surface area contributed by atoms with Crippen molar-refractivity contribution in [3.63, 3.8) is 0 Å². The molecule has 2 aromatic rings. The summed E-state index contributed by atoms with van der Waals surface area (Å²) in [5, 5.41) is 22.6. The molecule has 108 valence electrons. The third-order valence-electron chi connectivity index (χ3n) is 2.62. The molecular weight excluding hydrogens is 319 g/mol. The molecule has 6 nitrogen and oxygen atoms in total. The molecule has 0 spiro atoms. The van der Waals surface area contributed by atoms with Crippen molar-refractivity contribution in [3.8, 4) is 0 Å². The van der Waals surface area contributed by atoms with Gasteiger partial charge in [-0.15, -0.1) is 0 Å². The van der Waals surface area contributed by atoms with E-state index in [4.69, 9.17) is 28.3 Å². The highest BCUT2D eigenvalue weighted by Crippen LogP contribution is 2.36. The molecular formula is C13H8Cl2N2O4. The number of carboxylic acid groups (broad SMARTS) is 1. The number of nitro groups is 1. The van der Waals surface area contributed by atoms with Gasteiger partial charge in [0.1, 0.15) is 0 Å². The van der Waals surface area contributed by atoms with Crippen LogP contribution in [0.4, 0.5) is 17.1 Å². The lowest BCUT2D eigenvalue weighted by atomic mass is 10.2. The lowest BCUT2D eigenvalue weighted by Gasteiger charge is -2.11. The molecule has 2 aromatic carbocycles. The Labute approximate surface area is 129 Å². The fourth-order valence-corrected chi connectivity index (χ4v) is 2.23. The zero-order valence-corrected chi connectivity index (χ0v) is 11.9. The zero-order chi connectivity index (χ0) is 15.6. The summed E-state index contributed by atoms with van der Waals surface area (Å²) in [4.78, 5) is 21.0. The summed E-state index contributed by atoms with van der Waals surface area (Å²) >= 11 is 11.9. The van der Waals surface area contributed by atoms with Crippen LogP contribution in [0.2, 0.25) is 10.0 Å². The van der Waals surface area contributed by atoms with Crippen LogP contribution in [0, 0.1) is 10.1 Å². The van der Waals surface area contributed by atoms with E-state index in [9.17, 15) is 14.9 Å². The van der Waals surface area contributed by atoms with Crippen LogP contribution in [0.5, 0.6) is 0 Å². The largest absolute Gasteiger partial charge is 0.478 e. The number of benzene rings is 2. The van der Waals surface area contributed by atoms with Crippen molar-refractivity contribution in [2.24, 2.45) is 0 Å². The molecule has 8 heteroatoms. The number of carbonyl (C=O) groups is 1. The molecule has 0 saturated carbocycles. The van der Waals surface area contributed by atoms with Crippen LogP contribution in [0.3, 0.4) is 0 Å². The van der Waals surface area contributed by atoms with Crippen molar-refractivity contribution in [2.45, 2.75) is 0 Å². The lowest BCUT2D eigenvalue weighted by molar-refractivity contribution is -0.384. The minimum absolute atomic E-state index is 0.0647. The number of rotatable bonds is 4. The zero-order valence-electron chi connectivity index (χ0n) is 10.3. The fourth-order valence-electron chi connectivity index (χ4n) is 1.66. The molecule has 0 aliphatic heterocycles. The second-order valence-electron chi connectivity index (χ2n) is 4.05. The number of nitrogens with one attached hydrogen (secondary N) is 1. The van der Waals surface area contributed by atoms with Crippen LogP contribution >= 0.6 is 23.2 Å². The minimum atomic E-state index is -1.07. The van der Waals surface area contributed by atoms with Gasteiger partial charge in [-0.1, -0.05) is 29.3 Å². The first kappa shape index (κ1) is 15.1. The molecule has 0 bridgehead atoms. The summed E-state index contributed by atoms with van der Waals surface area (Å²) in [6.45, 7) is 0. The predicted molar refractivity (Wildman–Crippen MR) is 79.8 cm³/mol. The molecule has 0 aromatic heterocycles. The van der Waals surface area contributed by atoms with E-state index in [1.54, 1.807) is 12.1 Å². The number of halogens is 2. The Morgan fingerprint density at radius 2 is 1.81 bits per heavy atom. The minimum Gasteiger partial charge on any atom is -0.478 e. The van der Waals surface area contributed by atoms with E-state index < -0.39 is 10.9 Å². The molecule has 0 amide bonds. The molecule has 0 aliphatic carbocycles. The Hall–Kier alpha value is -2.31. The van der Waals surface area contributed by atoms with Crippen molar-refractivity contribution in [1.82, 2.24) is 0 Å². The van der Waals surface area contributed by atoms with Gasteiger partial charge < -0.3 is 10.4 Å². The number of hydrogen-bond donors (Lipinski definition) is 2. The van der Waals surface area contributed by atoms with Gasteiger partial charge in [0.05, 0.1) is 26.2 Å². The van der Waals surface area contributed by atoms with Gasteiger partial charge in [0, 0.05) is 17.8 Å². The van der Waals surface area contributed by atoms with Crippen LogP contribution in [0.15, 0.2) is 36.4 Å². The molecule has 0 saturated heterocycles. The maximum absolute atomic E-state index is 10.9. The second-order valence-corrected chi connectivity index (χ2v) is 4.87. The Balaban J connectivity index is 2.38. The maximum Gasteiger partial charge on any atom is 0.335 e. The Kier molecular flexibility index (Phi) is 4.30. The topological polar surface area (TPSA) is 92.5 Å². The van der Waals surface area contributed by atoms with Gasteiger partial charge in [0.25, 0.3) is 5.69 Å². The van der Waals surface area contributed by atoms with Crippen molar-refractivity contribution in [2.75, 3.05) is 5.32 Å².